The fourth-order valence-corrected chi connectivity index (χ4v) is 1.72. The fourth-order valence-electron chi connectivity index (χ4n) is 1.72. The van der Waals surface area contributed by atoms with E-state index in [2.05, 4.69) is 0 Å². The second-order valence-corrected chi connectivity index (χ2v) is 4.33. The summed E-state index contributed by atoms with van der Waals surface area (Å²) < 4.78 is 23.0. The highest BCUT2D eigenvalue weighted by Gasteiger charge is 2.08. The lowest BCUT2D eigenvalue weighted by molar-refractivity contribution is -0.129. The maximum absolute atomic E-state index is 12.8. The Hall–Kier alpha value is -2.95. The van der Waals surface area contributed by atoms with Gasteiger partial charge in [0.15, 0.2) is 11.5 Å². The number of benzene rings is 2. The zero-order chi connectivity index (χ0) is 15.9. The minimum absolute atomic E-state index is 0.210. The molecule has 0 aromatic heterocycles. The molecule has 2 aromatic carbocycles. The second kappa shape index (κ2) is 7.17. The van der Waals surface area contributed by atoms with E-state index in [0.717, 1.165) is 0 Å². The molecule has 0 atom stereocenters. The summed E-state index contributed by atoms with van der Waals surface area (Å²) in [5.41, 5.74) is 1.08. The minimum Gasteiger partial charge on any atom is -0.493 e. The van der Waals surface area contributed by atoms with Gasteiger partial charge in [-0.15, -0.1) is 0 Å². The topological polar surface area (TPSA) is 52.6 Å². The summed E-state index contributed by atoms with van der Waals surface area (Å²) >= 11 is 0. The normalized spacial score (nSPS) is 10.5. The van der Waals surface area contributed by atoms with Crippen molar-refractivity contribution in [2.75, 3.05) is 7.11 Å². The first-order valence-electron chi connectivity index (χ1n) is 6.41. The van der Waals surface area contributed by atoms with Gasteiger partial charge in [0.1, 0.15) is 12.1 Å². The number of carbonyl (C=O) groups excluding carboxylic acids is 2. The van der Waals surface area contributed by atoms with E-state index in [1.54, 1.807) is 12.1 Å². The molecule has 0 N–H and O–H groups in total. The van der Waals surface area contributed by atoms with E-state index >= 15 is 0 Å². The molecule has 0 spiro atoms. The maximum Gasteiger partial charge on any atom is 0.336 e. The lowest BCUT2D eigenvalue weighted by atomic mass is 10.2. The van der Waals surface area contributed by atoms with Crippen molar-refractivity contribution in [2.24, 2.45) is 0 Å². The summed E-state index contributed by atoms with van der Waals surface area (Å²) in [7, 11) is 1.41. The first kappa shape index (κ1) is 15.4. The van der Waals surface area contributed by atoms with E-state index < -0.39 is 5.97 Å². The number of halogens is 1. The minimum atomic E-state index is -0.610. The van der Waals surface area contributed by atoms with Gasteiger partial charge in [-0.25, -0.2) is 9.18 Å². The van der Waals surface area contributed by atoms with Crippen LogP contribution in [-0.2, 0) is 4.79 Å². The van der Waals surface area contributed by atoms with E-state index in [1.807, 2.05) is 0 Å². The molecule has 0 aliphatic heterocycles. The van der Waals surface area contributed by atoms with Crippen molar-refractivity contribution in [3.05, 3.63) is 65.5 Å². The zero-order valence-electron chi connectivity index (χ0n) is 11.8. The van der Waals surface area contributed by atoms with Gasteiger partial charge in [-0.05, 0) is 42.0 Å². The molecule has 0 heterocycles. The van der Waals surface area contributed by atoms with Crippen LogP contribution in [0.2, 0.25) is 0 Å². The summed E-state index contributed by atoms with van der Waals surface area (Å²) in [6.07, 6.45) is 3.40. The highest BCUT2D eigenvalue weighted by molar-refractivity contribution is 5.89. The third-order valence-corrected chi connectivity index (χ3v) is 2.82. The Morgan fingerprint density at radius 1 is 1.05 bits per heavy atom. The van der Waals surface area contributed by atoms with Crippen LogP contribution in [0.3, 0.4) is 0 Å². The van der Waals surface area contributed by atoms with E-state index in [-0.39, 0.29) is 17.3 Å². The molecule has 0 radical (unpaired) electrons. The molecule has 0 amide bonds. The molecule has 4 nitrogen and oxygen atoms in total. The molecule has 5 heteroatoms. The van der Waals surface area contributed by atoms with Crippen LogP contribution < -0.4 is 9.47 Å². The van der Waals surface area contributed by atoms with Crippen LogP contribution in [-0.4, -0.2) is 19.4 Å². The van der Waals surface area contributed by atoms with Crippen molar-refractivity contribution < 1.29 is 23.5 Å². The molecule has 0 aliphatic carbocycles. The molecule has 0 unspecified atom stereocenters. The molecule has 0 saturated heterocycles. The Labute approximate surface area is 126 Å². The van der Waals surface area contributed by atoms with Crippen LogP contribution in [0.5, 0.6) is 11.5 Å². The van der Waals surface area contributed by atoms with Crippen molar-refractivity contribution >= 4 is 18.3 Å². The average molecular weight is 300 g/mol. The highest BCUT2D eigenvalue weighted by atomic mass is 19.1. The van der Waals surface area contributed by atoms with Gasteiger partial charge in [0.2, 0.25) is 0 Å². The number of ether oxygens (including phenoxy) is 2. The summed E-state index contributed by atoms with van der Waals surface area (Å²) in [5, 5.41) is 0. The predicted molar refractivity (Wildman–Crippen MR) is 79.5 cm³/mol. The van der Waals surface area contributed by atoms with Crippen molar-refractivity contribution in [1.29, 1.82) is 0 Å². The first-order valence-corrected chi connectivity index (χ1v) is 6.41. The monoisotopic (exact) mass is 300 g/mol. The van der Waals surface area contributed by atoms with Gasteiger partial charge in [0, 0.05) is 11.6 Å². The summed E-state index contributed by atoms with van der Waals surface area (Å²) in [6, 6.07) is 10.1. The van der Waals surface area contributed by atoms with Crippen molar-refractivity contribution in [2.45, 2.75) is 0 Å². The predicted octanol–water partition coefficient (Wildman–Crippen LogP) is 3.27. The van der Waals surface area contributed by atoms with Crippen molar-refractivity contribution in [3.8, 4) is 11.5 Å². The van der Waals surface area contributed by atoms with E-state index in [9.17, 15) is 14.0 Å². The third-order valence-electron chi connectivity index (χ3n) is 2.82. The van der Waals surface area contributed by atoms with Crippen LogP contribution in [0.15, 0.2) is 48.5 Å². The molecule has 0 bridgehead atoms. The Morgan fingerprint density at radius 3 is 2.36 bits per heavy atom. The Morgan fingerprint density at radius 2 is 1.73 bits per heavy atom. The molecule has 22 heavy (non-hydrogen) atoms. The van der Waals surface area contributed by atoms with E-state index in [1.165, 1.54) is 49.6 Å². The standard InChI is InChI=1S/C17H13FO4/c1-21-16-10-13(11-19)4-8-15(16)22-17(20)9-5-12-2-6-14(18)7-3-12/h2-11H,1H3. The number of carbonyl (C=O) groups is 2. The lowest BCUT2D eigenvalue weighted by Gasteiger charge is -2.08. The molecular weight excluding hydrogens is 287 g/mol. The Balaban J connectivity index is 2.08. The molecule has 2 aromatic rings. The first-order chi connectivity index (χ1) is 10.6. The average Bonchev–Trinajstić information content (AvgIpc) is 2.54. The van der Waals surface area contributed by atoms with Gasteiger partial charge in [-0.2, -0.15) is 0 Å². The molecule has 2 rings (SSSR count). The largest absolute Gasteiger partial charge is 0.493 e. The van der Waals surface area contributed by atoms with Gasteiger partial charge >= 0.3 is 5.97 Å². The van der Waals surface area contributed by atoms with Gasteiger partial charge in [0.25, 0.3) is 0 Å². The van der Waals surface area contributed by atoms with Crippen LogP contribution in [0.25, 0.3) is 6.08 Å². The number of aldehydes is 1. The summed E-state index contributed by atoms with van der Waals surface area (Å²) in [4.78, 5) is 22.5. The lowest BCUT2D eigenvalue weighted by Crippen LogP contribution is -2.05. The quantitative estimate of drug-likeness (QED) is 0.368. The van der Waals surface area contributed by atoms with Gasteiger partial charge in [-0.1, -0.05) is 12.1 Å². The number of esters is 1. The van der Waals surface area contributed by atoms with E-state index in [0.29, 0.717) is 17.4 Å². The van der Waals surface area contributed by atoms with Crippen LogP contribution in [0, 0.1) is 5.82 Å². The Kier molecular flexibility index (Phi) is 5.03. The molecule has 0 saturated carbocycles. The molecule has 0 aliphatic rings. The summed E-state index contributed by atoms with van der Waals surface area (Å²) in [6.45, 7) is 0. The zero-order valence-corrected chi connectivity index (χ0v) is 11.8. The fraction of sp³-hybridized carbons (Fsp3) is 0.0588. The molecular formula is C17H13FO4. The second-order valence-electron chi connectivity index (χ2n) is 4.33. The van der Waals surface area contributed by atoms with Gasteiger partial charge in [0.05, 0.1) is 7.11 Å². The Bertz CT molecular complexity index is 705. The SMILES string of the molecule is COc1cc(C=O)ccc1OC(=O)C=Cc1ccc(F)cc1. The molecule has 112 valence electrons. The summed E-state index contributed by atoms with van der Waals surface area (Å²) in [5.74, 6) is -0.462. The number of methoxy groups -OCH3 is 1. The number of hydrogen-bond acceptors (Lipinski definition) is 4. The van der Waals surface area contributed by atoms with Crippen LogP contribution in [0.1, 0.15) is 15.9 Å². The third kappa shape index (κ3) is 4.02. The van der Waals surface area contributed by atoms with Gasteiger partial charge < -0.3 is 9.47 Å². The maximum atomic E-state index is 12.8. The smallest absolute Gasteiger partial charge is 0.336 e. The number of rotatable bonds is 5. The van der Waals surface area contributed by atoms with Crippen LogP contribution >= 0.6 is 0 Å². The van der Waals surface area contributed by atoms with Crippen molar-refractivity contribution in [1.82, 2.24) is 0 Å². The molecule has 0 fully saturated rings. The highest BCUT2D eigenvalue weighted by Crippen LogP contribution is 2.27. The van der Waals surface area contributed by atoms with E-state index in [4.69, 9.17) is 9.47 Å². The van der Waals surface area contributed by atoms with Gasteiger partial charge in [-0.3, -0.25) is 4.79 Å². The number of hydrogen-bond donors (Lipinski definition) is 0. The van der Waals surface area contributed by atoms with Crippen molar-refractivity contribution in [3.63, 3.8) is 0 Å². The van der Waals surface area contributed by atoms with Crippen LogP contribution in [0.4, 0.5) is 4.39 Å².